The Morgan fingerprint density at radius 2 is 1.74 bits per heavy atom. The van der Waals surface area contributed by atoms with Gasteiger partial charge in [-0.15, -0.1) is 0 Å². The smallest absolute Gasteiger partial charge is 0.251 e. The van der Waals surface area contributed by atoms with Crippen LogP contribution in [-0.4, -0.2) is 77.3 Å². The molecule has 0 aromatic heterocycles. The lowest BCUT2D eigenvalue weighted by molar-refractivity contribution is -0.231. The molecule has 9 nitrogen and oxygen atoms in total. The number of aliphatic hydroxyl groups is 4. The molecular formula is C26H29NO8. The average Bonchev–Trinajstić information content (AvgIpc) is 2.89. The van der Waals surface area contributed by atoms with Gasteiger partial charge in [-0.05, 0) is 35.9 Å². The summed E-state index contributed by atoms with van der Waals surface area (Å²) in [6, 6.07) is 9.57. The molecule has 1 heterocycles. The number of benzene rings is 2. The number of methoxy groups -OCH3 is 1. The lowest BCUT2D eigenvalue weighted by Crippen LogP contribution is -2.55. The Morgan fingerprint density at radius 3 is 2.37 bits per heavy atom. The van der Waals surface area contributed by atoms with E-state index in [4.69, 9.17) is 9.47 Å². The minimum atomic E-state index is -1.51. The van der Waals surface area contributed by atoms with Crippen LogP contribution >= 0.6 is 0 Å². The molecule has 0 bridgehead atoms. The maximum absolute atomic E-state index is 12.3. The molecule has 0 saturated carbocycles. The molecule has 3 rings (SSSR count). The first-order chi connectivity index (χ1) is 16.7. The molecule has 2 aromatic carbocycles. The highest BCUT2D eigenvalue weighted by Crippen LogP contribution is 2.34. The van der Waals surface area contributed by atoms with Crippen LogP contribution in [0.15, 0.2) is 36.4 Å². The fourth-order valence-electron chi connectivity index (χ4n) is 3.86. The molecular weight excluding hydrogens is 454 g/mol. The van der Waals surface area contributed by atoms with Crippen molar-refractivity contribution in [1.29, 1.82) is 0 Å². The molecule has 5 N–H and O–H groups in total. The first-order valence-electron chi connectivity index (χ1n) is 11.1. The number of nitrogens with one attached hydrogen (secondary N) is 1. The van der Waals surface area contributed by atoms with Crippen LogP contribution in [0.5, 0.6) is 5.75 Å². The molecule has 0 unspecified atom stereocenters. The van der Waals surface area contributed by atoms with E-state index in [1.165, 1.54) is 20.2 Å². The van der Waals surface area contributed by atoms with Gasteiger partial charge in [0.25, 0.3) is 5.91 Å². The SMILES string of the molecule is CCC(=O)c1cc(C#Cc2cc([C@H]3O[C@H](CO)[C@@H](O)[C@H](O)[C@@H]3O)ccc2OC)cc(C(=O)NC)c1. The lowest BCUT2D eigenvalue weighted by atomic mass is 9.90. The van der Waals surface area contributed by atoms with E-state index in [1.54, 1.807) is 37.3 Å². The first-order valence-corrected chi connectivity index (χ1v) is 11.1. The van der Waals surface area contributed by atoms with Crippen LogP contribution in [0, 0.1) is 11.8 Å². The molecule has 9 heteroatoms. The van der Waals surface area contributed by atoms with Crippen LogP contribution in [0.4, 0.5) is 0 Å². The van der Waals surface area contributed by atoms with Crippen molar-refractivity contribution in [2.45, 2.75) is 43.9 Å². The van der Waals surface area contributed by atoms with Crippen molar-refractivity contribution in [3.63, 3.8) is 0 Å². The zero-order valence-corrected chi connectivity index (χ0v) is 19.7. The minimum absolute atomic E-state index is 0.124. The summed E-state index contributed by atoms with van der Waals surface area (Å²) in [5, 5.41) is 42.6. The Labute approximate surface area is 203 Å². The highest BCUT2D eigenvalue weighted by atomic mass is 16.5. The van der Waals surface area contributed by atoms with Gasteiger partial charge in [-0.2, -0.15) is 0 Å². The molecule has 1 amide bonds. The van der Waals surface area contributed by atoms with Crippen LogP contribution in [0.25, 0.3) is 0 Å². The maximum atomic E-state index is 12.3. The van der Waals surface area contributed by atoms with E-state index in [0.717, 1.165) is 0 Å². The Morgan fingerprint density at radius 1 is 1.03 bits per heavy atom. The summed E-state index contributed by atoms with van der Waals surface area (Å²) in [6.45, 7) is 1.19. The lowest BCUT2D eigenvalue weighted by Gasteiger charge is -2.40. The normalized spacial score (nSPS) is 23.7. The second-order valence-corrected chi connectivity index (χ2v) is 8.11. The van der Waals surface area contributed by atoms with E-state index in [-0.39, 0.29) is 18.1 Å². The first kappa shape index (κ1) is 26.3. The predicted octanol–water partition coefficient (Wildman–Crippen LogP) is 0.562. The van der Waals surface area contributed by atoms with E-state index < -0.39 is 37.1 Å². The van der Waals surface area contributed by atoms with E-state index >= 15 is 0 Å². The van der Waals surface area contributed by atoms with E-state index in [0.29, 0.717) is 33.6 Å². The van der Waals surface area contributed by atoms with Crippen LogP contribution in [0.1, 0.15) is 56.9 Å². The number of aliphatic hydroxyl groups excluding tert-OH is 4. The zero-order valence-electron chi connectivity index (χ0n) is 19.7. The Balaban J connectivity index is 2.02. The third-order valence-corrected chi connectivity index (χ3v) is 5.85. The van der Waals surface area contributed by atoms with Gasteiger partial charge in [0.1, 0.15) is 36.3 Å². The maximum Gasteiger partial charge on any atom is 0.251 e. The average molecular weight is 484 g/mol. The van der Waals surface area contributed by atoms with Crippen molar-refractivity contribution in [3.05, 3.63) is 64.2 Å². The molecule has 2 aromatic rings. The number of Topliss-reactive ketones (excluding diaryl/α,β-unsaturated/α-hetero) is 1. The minimum Gasteiger partial charge on any atom is -0.495 e. The van der Waals surface area contributed by atoms with E-state index in [9.17, 15) is 30.0 Å². The monoisotopic (exact) mass is 483 g/mol. The number of rotatable bonds is 6. The highest BCUT2D eigenvalue weighted by Gasteiger charge is 2.44. The number of hydrogen-bond acceptors (Lipinski definition) is 8. The van der Waals surface area contributed by atoms with Crippen molar-refractivity contribution < 1.29 is 39.5 Å². The standard InChI is InChI=1S/C26H29NO8/c1-4-19(29)17-9-14(10-18(12-17)26(33)27-2)5-6-15-11-16(7-8-20(15)34-3)25-24(32)23(31)22(30)21(13-28)35-25/h7-12,21-25,28,30-32H,4,13H2,1-3H3,(H,27,33)/t21-,22-,23+,24+,25-/m1/s1. The molecule has 5 atom stereocenters. The fourth-order valence-corrected chi connectivity index (χ4v) is 3.86. The molecule has 1 saturated heterocycles. The van der Waals surface area contributed by atoms with Crippen molar-refractivity contribution in [2.24, 2.45) is 0 Å². The Kier molecular flexibility index (Phi) is 8.62. The number of carbonyl (C=O) groups is 2. The van der Waals surface area contributed by atoms with Gasteiger partial charge < -0.3 is 35.2 Å². The highest BCUT2D eigenvalue weighted by molar-refractivity contribution is 6.01. The summed E-state index contributed by atoms with van der Waals surface area (Å²) in [5.74, 6) is 5.89. The molecule has 0 aliphatic carbocycles. The van der Waals surface area contributed by atoms with Crippen molar-refractivity contribution in [1.82, 2.24) is 5.32 Å². The van der Waals surface area contributed by atoms with Crippen LogP contribution < -0.4 is 10.1 Å². The number of carbonyl (C=O) groups excluding carboxylic acids is 2. The molecule has 35 heavy (non-hydrogen) atoms. The summed E-state index contributed by atoms with van der Waals surface area (Å²) in [4.78, 5) is 24.4. The third kappa shape index (κ3) is 5.70. The van der Waals surface area contributed by atoms with Gasteiger partial charge in [-0.25, -0.2) is 0 Å². The summed E-state index contributed by atoms with van der Waals surface area (Å²) < 4.78 is 11.0. The van der Waals surface area contributed by atoms with E-state index in [1.807, 2.05) is 0 Å². The van der Waals surface area contributed by atoms with Crippen molar-refractivity contribution in [3.8, 4) is 17.6 Å². The molecule has 0 spiro atoms. The predicted molar refractivity (Wildman–Crippen MR) is 126 cm³/mol. The quantitative estimate of drug-likeness (QED) is 0.296. The molecule has 1 fully saturated rings. The van der Waals surface area contributed by atoms with Gasteiger partial charge in [0.2, 0.25) is 0 Å². The summed E-state index contributed by atoms with van der Waals surface area (Å²) in [5.41, 5.74) is 2.00. The van der Waals surface area contributed by atoms with Crippen molar-refractivity contribution >= 4 is 11.7 Å². The van der Waals surface area contributed by atoms with Crippen LogP contribution in [-0.2, 0) is 4.74 Å². The number of ketones is 1. The van der Waals surface area contributed by atoms with Gasteiger partial charge in [0.15, 0.2) is 5.78 Å². The summed E-state index contributed by atoms with van der Waals surface area (Å²) in [6.07, 6.45) is -6.20. The fraction of sp³-hybridized carbons (Fsp3) is 0.385. The van der Waals surface area contributed by atoms with Gasteiger partial charge >= 0.3 is 0 Å². The van der Waals surface area contributed by atoms with Gasteiger partial charge in [-0.3, -0.25) is 9.59 Å². The van der Waals surface area contributed by atoms with E-state index in [2.05, 4.69) is 17.2 Å². The second-order valence-electron chi connectivity index (χ2n) is 8.11. The van der Waals surface area contributed by atoms with Crippen molar-refractivity contribution in [2.75, 3.05) is 20.8 Å². The molecule has 1 aliphatic heterocycles. The number of amides is 1. The van der Waals surface area contributed by atoms with Crippen LogP contribution in [0.3, 0.4) is 0 Å². The molecule has 1 aliphatic rings. The Bertz CT molecular complexity index is 1120. The third-order valence-electron chi connectivity index (χ3n) is 5.85. The van der Waals surface area contributed by atoms with Gasteiger partial charge in [0, 0.05) is 30.2 Å². The summed E-state index contributed by atoms with van der Waals surface area (Å²) >= 11 is 0. The number of ether oxygens (including phenoxy) is 2. The zero-order chi connectivity index (χ0) is 25.7. The number of hydrogen-bond donors (Lipinski definition) is 5. The van der Waals surface area contributed by atoms with Gasteiger partial charge in [0.05, 0.1) is 19.3 Å². The Hall–Kier alpha value is -3.26. The van der Waals surface area contributed by atoms with Gasteiger partial charge in [-0.1, -0.05) is 24.8 Å². The second kappa shape index (κ2) is 11.4. The summed E-state index contributed by atoms with van der Waals surface area (Å²) in [7, 11) is 2.97. The molecule has 0 radical (unpaired) electrons. The molecule has 186 valence electrons. The largest absolute Gasteiger partial charge is 0.495 e. The van der Waals surface area contributed by atoms with Crippen LogP contribution in [0.2, 0.25) is 0 Å². The topological polar surface area (TPSA) is 146 Å².